The molecule has 104 valence electrons. The van der Waals surface area contributed by atoms with Crippen molar-refractivity contribution in [3.05, 3.63) is 35.9 Å². The summed E-state index contributed by atoms with van der Waals surface area (Å²) >= 11 is 5.17. The van der Waals surface area contributed by atoms with E-state index in [0.29, 0.717) is 5.11 Å². The molecule has 0 amide bonds. The van der Waals surface area contributed by atoms with Crippen LogP contribution in [0, 0.1) is 0 Å². The summed E-state index contributed by atoms with van der Waals surface area (Å²) in [5.41, 5.74) is 5.28. The van der Waals surface area contributed by atoms with Crippen molar-refractivity contribution in [2.45, 2.75) is 39.5 Å². The number of unbranched alkanes of at least 4 members (excludes halogenated alkanes) is 1. The van der Waals surface area contributed by atoms with Crippen LogP contribution in [0.25, 0.3) is 0 Å². The zero-order valence-electron chi connectivity index (χ0n) is 11.8. The number of hydrazone groups is 1. The van der Waals surface area contributed by atoms with Crippen molar-refractivity contribution in [1.82, 2.24) is 10.7 Å². The maximum atomic E-state index is 5.17. The van der Waals surface area contributed by atoms with Crippen LogP contribution in [-0.2, 0) is 6.42 Å². The molecule has 3 nitrogen and oxygen atoms in total. The van der Waals surface area contributed by atoms with Gasteiger partial charge in [0.05, 0.1) is 0 Å². The monoisotopic (exact) mass is 277 g/mol. The maximum Gasteiger partial charge on any atom is 0.186 e. The molecule has 0 spiro atoms. The fourth-order valence-electron chi connectivity index (χ4n) is 1.64. The summed E-state index contributed by atoms with van der Waals surface area (Å²) in [6, 6.07) is 10.4. The Balaban J connectivity index is 2.18. The SMILES string of the molecule is CCCC/C(C)=N\NC(=S)NCCc1ccccc1. The lowest BCUT2D eigenvalue weighted by Gasteiger charge is -2.08. The van der Waals surface area contributed by atoms with Crippen LogP contribution in [0.15, 0.2) is 35.4 Å². The van der Waals surface area contributed by atoms with Crippen molar-refractivity contribution in [1.29, 1.82) is 0 Å². The van der Waals surface area contributed by atoms with Crippen molar-refractivity contribution in [2.24, 2.45) is 5.10 Å². The van der Waals surface area contributed by atoms with Gasteiger partial charge in [0.1, 0.15) is 0 Å². The highest BCUT2D eigenvalue weighted by Crippen LogP contribution is 1.98. The molecule has 1 rings (SSSR count). The van der Waals surface area contributed by atoms with Gasteiger partial charge in [-0.3, -0.25) is 5.43 Å². The number of nitrogens with one attached hydrogen (secondary N) is 2. The minimum absolute atomic E-state index is 0.590. The van der Waals surface area contributed by atoms with Crippen LogP contribution in [0.5, 0.6) is 0 Å². The Morgan fingerprint density at radius 2 is 2.00 bits per heavy atom. The molecule has 0 heterocycles. The second kappa shape index (κ2) is 9.50. The van der Waals surface area contributed by atoms with E-state index in [1.54, 1.807) is 0 Å². The first-order valence-electron chi connectivity index (χ1n) is 6.83. The van der Waals surface area contributed by atoms with E-state index in [1.165, 1.54) is 18.4 Å². The van der Waals surface area contributed by atoms with Crippen molar-refractivity contribution in [3.8, 4) is 0 Å². The normalized spacial score (nSPS) is 11.2. The highest BCUT2D eigenvalue weighted by atomic mass is 32.1. The number of rotatable bonds is 7. The quantitative estimate of drug-likeness (QED) is 0.456. The summed E-state index contributed by atoms with van der Waals surface area (Å²) < 4.78 is 0. The summed E-state index contributed by atoms with van der Waals surface area (Å²) in [6.07, 6.45) is 4.34. The summed E-state index contributed by atoms with van der Waals surface area (Å²) in [5.74, 6) is 0. The number of benzene rings is 1. The van der Waals surface area contributed by atoms with E-state index in [1.807, 2.05) is 25.1 Å². The van der Waals surface area contributed by atoms with Gasteiger partial charge in [-0.1, -0.05) is 43.7 Å². The summed E-state index contributed by atoms with van der Waals surface area (Å²) in [6.45, 7) is 5.02. The van der Waals surface area contributed by atoms with Gasteiger partial charge in [-0.15, -0.1) is 0 Å². The van der Waals surface area contributed by atoms with Gasteiger partial charge < -0.3 is 5.32 Å². The van der Waals surface area contributed by atoms with Gasteiger partial charge in [0.15, 0.2) is 5.11 Å². The van der Waals surface area contributed by atoms with E-state index < -0.39 is 0 Å². The molecule has 0 aromatic heterocycles. The molecule has 2 N–H and O–H groups in total. The average molecular weight is 277 g/mol. The molecular formula is C15H23N3S. The predicted molar refractivity (Wildman–Crippen MR) is 86.5 cm³/mol. The predicted octanol–water partition coefficient (Wildman–Crippen LogP) is 3.26. The first-order valence-corrected chi connectivity index (χ1v) is 7.24. The average Bonchev–Trinajstić information content (AvgIpc) is 2.44. The highest BCUT2D eigenvalue weighted by molar-refractivity contribution is 7.80. The van der Waals surface area contributed by atoms with Crippen molar-refractivity contribution in [2.75, 3.05) is 6.54 Å². The molecule has 1 aromatic rings. The molecule has 19 heavy (non-hydrogen) atoms. The van der Waals surface area contributed by atoms with Crippen LogP contribution in [0.4, 0.5) is 0 Å². The topological polar surface area (TPSA) is 36.4 Å². The van der Waals surface area contributed by atoms with Gasteiger partial charge in [0.25, 0.3) is 0 Å². The Bertz CT molecular complexity index is 401. The Labute approximate surface area is 121 Å². The molecule has 0 radical (unpaired) electrons. The third-order valence-corrected chi connectivity index (χ3v) is 3.02. The molecule has 0 aliphatic heterocycles. The third-order valence-electron chi connectivity index (χ3n) is 2.78. The fraction of sp³-hybridized carbons (Fsp3) is 0.467. The molecule has 0 aliphatic rings. The van der Waals surface area contributed by atoms with Gasteiger partial charge in [-0.25, -0.2) is 0 Å². The second-order valence-corrected chi connectivity index (χ2v) is 4.96. The highest BCUT2D eigenvalue weighted by Gasteiger charge is 1.96. The van der Waals surface area contributed by atoms with Gasteiger partial charge in [-0.2, -0.15) is 5.10 Å². The first kappa shape index (κ1) is 15.6. The van der Waals surface area contributed by atoms with Crippen LogP contribution < -0.4 is 10.7 Å². The van der Waals surface area contributed by atoms with Gasteiger partial charge in [0, 0.05) is 12.3 Å². The fourth-order valence-corrected chi connectivity index (χ4v) is 1.79. The van der Waals surface area contributed by atoms with Gasteiger partial charge in [-0.05, 0) is 44.0 Å². The zero-order valence-corrected chi connectivity index (χ0v) is 12.6. The lowest BCUT2D eigenvalue weighted by Crippen LogP contribution is -2.33. The molecule has 0 saturated carbocycles. The Morgan fingerprint density at radius 1 is 1.26 bits per heavy atom. The van der Waals surface area contributed by atoms with Crippen molar-refractivity contribution < 1.29 is 0 Å². The van der Waals surface area contributed by atoms with E-state index in [-0.39, 0.29) is 0 Å². The van der Waals surface area contributed by atoms with E-state index >= 15 is 0 Å². The summed E-state index contributed by atoms with van der Waals surface area (Å²) in [5, 5.41) is 8.00. The van der Waals surface area contributed by atoms with E-state index in [4.69, 9.17) is 12.2 Å². The van der Waals surface area contributed by atoms with Crippen LogP contribution in [0.3, 0.4) is 0 Å². The summed E-state index contributed by atoms with van der Waals surface area (Å²) in [4.78, 5) is 0. The minimum Gasteiger partial charge on any atom is -0.361 e. The maximum absolute atomic E-state index is 5.17. The number of nitrogens with zero attached hydrogens (tertiary/aromatic N) is 1. The third kappa shape index (κ3) is 7.57. The van der Waals surface area contributed by atoms with E-state index in [2.05, 4.69) is 34.9 Å². The number of hydrogen-bond acceptors (Lipinski definition) is 2. The van der Waals surface area contributed by atoms with Crippen molar-refractivity contribution in [3.63, 3.8) is 0 Å². The molecule has 0 atom stereocenters. The molecule has 1 aromatic carbocycles. The Kier molecular flexibility index (Phi) is 7.82. The minimum atomic E-state index is 0.590. The lowest BCUT2D eigenvalue weighted by atomic mass is 10.1. The van der Waals surface area contributed by atoms with E-state index in [0.717, 1.165) is 25.1 Å². The van der Waals surface area contributed by atoms with E-state index in [9.17, 15) is 0 Å². The molecule has 4 heteroatoms. The molecule has 0 aliphatic carbocycles. The molecule has 0 bridgehead atoms. The largest absolute Gasteiger partial charge is 0.361 e. The standard InChI is InChI=1S/C15H23N3S/c1-3-4-8-13(2)17-18-15(19)16-12-11-14-9-6-5-7-10-14/h5-7,9-10H,3-4,8,11-12H2,1-2H3,(H2,16,18,19)/b17-13-. The molecule has 0 unspecified atom stereocenters. The number of hydrogen-bond donors (Lipinski definition) is 2. The van der Waals surface area contributed by atoms with Crippen LogP contribution in [0.1, 0.15) is 38.7 Å². The first-order chi connectivity index (χ1) is 9.22. The van der Waals surface area contributed by atoms with Gasteiger partial charge in [0.2, 0.25) is 0 Å². The molecule has 0 saturated heterocycles. The van der Waals surface area contributed by atoms with Crippen LogP contribution >= 0.6 is 12.2 Å². The van der Waals surface area contributed by atoms with Crippen molar-refractivity contribution >= 4 is 23.0 Å². The molecule has 0 fully saturated rings. The molecular weight excluding hydrogens is 254 g/mol. The Morgan fingerprint density at radius 3 is 2.68 bits per heavy atom. The smallest absolute Gasteiger partial charge is 0.186 e. The van der Waals surface area contributed by atoms with Crippen LogP contribution in [-0.4, -0.2) is 17.4 Å². The lowest BCUT2D eigenvalue weighted by molar-refractivity contribution is 0.813. The second-order valence-electron chi connectivity index (χ2n) is 4.55. The van der Waals surface area contributed by atoms with Gasteiger partial charge >= 0.3 is 0 Å². The Hall–Kier alpha value is -1.42. The zero-order chi connectivity index (χ0) is 13.9. The van der Waals surface area contributed by atoms with Crippen LogP contribution in [0.2, 0.25) is 0 Å². The number of thiocarbonyl (C=S) groups is 1. The summed E-state index contributed by atoms with van der Waals surface area (Å²) in [7, 11) is 0.